The Morgan fingerprint density at radius 3 is 2.14 bits per heavy atom. The number of aryl methyl sites for hydroxylation is 3. The summed E-state index contributed by atoms with van der Waals surface area (Å²) in [6, 6.07) is 14.5. The van der Waals surface area contributed by atoms with Gasteiger partial charge in [0.05, 0.1) is 13.2 Å². The lowest BCUT2D eigenvalue weighted by Crippen LogP contribution is -2.12. The SMILES string of the molecule is COc1ccc(CCC(O)Cc2cc(C)cc(C)c2)cc1. The summed E-state index contributed by atoms with van der Waals surface area (Å²) < 4.78 is 5.15. The molecule has 0 aliphatic carbocycles. The molecule has 112 valence electrons. The largest absolute Gasteiger partial charge is 0.497 e. The fourth-order valence-electron chi connectivity index (χ4n) is 2.69. The van der Waals surface area contributed by atoms with Crippen LogP contribution in [0.3, 0.4) is 0 Å². The first-order valence-corrected chi connectivity index (χ1v) is 7.45. The van der Waals surface area contributed by atoms with Crippen LogP contribution in [0.2, 0.25) is 0 Å². The average Bonchev–Trinajstić information content (AvgIpc) is 2.44. The van der Waals surface area contributed by atoms with Gasteiger partial charge in [-0.3, -0.25) is 0 Å². The van der Waals surface area contributed by atoms with Crippen molar-refractivity contribution in [3.63, 3.8) is 0 Å². The van der Waals surface area contributed by atoms with Crippen LogP contribution < -0.4 is 4.74 Å². The van der Waals surface area contributed by atoms with Gasteiger partial charge in [0.1, 0.15) is 5.75 Å². The van der Waals surface area contributed by atoms with Crippen LogP contribution in [0.25, 0.3) is 0 Å². The summed E-state index contributed by atoms with van der Waals surface area (Å²) in [6.07, 6.45) is 2.09. The topological polar surface area (TPSA) is 29.5 Å². The fourth-order valence-corrected chi connectivity index (χ4v) is 2.69. The van der Waals surface area contributed by atoms with Gasteiger partial charge in [0.2, 0.25) is 0 Å². The quantitative estimate of drug-likeness (QED) is 0.873. The van der Waals surface area contributed by atoms with Crippen molar-refractivity contribution in [2.24, 2.45) is 0 Å². The van der Waals surface area contributed by atoms with Gasteiger partial charge in [0.25, 0.3) is 0 Å². The molecule has 0 saturated carbocycles. The second kappa shape index (κ2) is 7.28. The summed E-state index contributed by atoms with van der Waals surface area (Å²) in [7, 11) is 1.67. The fraction of sp³-hybridized carbons (Fsp3) is 0.368. The van der Waals surface area contributed by atoms with Crippen LogP contribution in [0, 0.1) is 13.8 Å². The number of aliphatic hydroxyl groups is 1. The Bertz CT molecular complexity index is 552. The standard InChI is InChI=1S/C19H24O2/c1-14-10-15(2)12-17(11-14)13-18(20)7-4-16-5-8-19(21-3)9-6-16/h5-6,8-12,18,20H,4,7,13H2,1-3H3. The van der Waals surface area contributed by atoms with Crippen molar-refractivity contribution in [2.45, 2.75) is 39.2 Å². The van der Waals surface area contributed by atoms with Crippen molar-refractivity contribution in [3.8, 4) is 5.75 Å². The molecule has 1 atom stereocenters. The normalized spacial score (nSPS) is 12.2. The molecular weight excluding hydrogens is 260 g/mol. The van der Waals surface area contributed by atoms with Gasteiger partial charge in [-0.1, -0.05) is 41.5 Å². The van der Waals surface area contributed by atoms with Crippen molar-refractivity contribution >= 4 is 0 Å². The number of methoxy groups -OCH3 is 1. The number of benzene rings is 2. The lowest BCUT2D eigenvalue weighted by Gasteiger charge is -2.12. The number of hydrogen-bond donors (Lipinski definition) is 1. The molecule has 0 bridgehead atoms. The van der Waals surface area contributed by atoms with E-state index < -0.39 is 0 Å². The third kappa shape index (κ3) is 4.91. The van der Waals surface area contributed by atoms with Crippen molar-refractivity contribution in [3.05, 3.63) is 64.7 Å². The van der Waals surface area contributed by atoms with E-state index >= 15 is 0 Å². The number of ether oxygens (including phenoxy) is 1. The number of aliphatic hydroxyl groups excluding tert-OH is 1. The highest BCUT2D eigenvalue weighted by atomic mass is 16.5. The summed E-state index contributed by atoms with van der Waals surface area (Å²) in [6.45, 7) is 4.19. The van der Waals surface area contributed by atoms with Gasteiger partial charge in [-0.05, 0) is 56.4 Å². The first-order valence-electron chi connectivity index (χ1n) is 7.45. The third-order valence-electron chi connectivity index (χ3n) is 3.68. The first kappa shape index (κ1) is 15.6. The van der Waals surface area contributed by atoms with Crippen LogP contribution in [0.15, 0.2) is 42.5 Å². The zero-order valence-corrected chi connectivity index (χ0v) is 13.1. The number of rotatable bonds is 6. The van der Waals surface area contributed by atoms with E-state index in [4.69, 9.17) is 4.74 Å². The molecule has 2 rings (SSSR count). The second-order valence-corrected chi connectivity index (χ2v) is 5.74. The average molecular weight is 284 g/mol. The molecular formula is C19H24O2. The number of hydrogen-bond acceptors (Lipinski definition) is 2. The molecule has 0 spiro atoms. The highest BCUT2D eigenvalue weighted by Crippen LogP contribution is 2.16. The molecule has 0 aromatic heterocycles. The van der Waals surface area contributed by atoms with E-state index in [0.29, 0.717) is 0 Å². The zero-order valence-electron chi connectivity index (χ0n) is 13.1. The predicted molar refractivity (Wildman–Crippen MR) is 86.9 cm³/mol. The van der Waals surface area contributed by atoms with E-state index in [2.05, 4.69) is 44.2 Å². The van der Waals surface area contributed by atoms with E-state index in [1.807, 2.05) is 12.1 Å². The molecule has 1 unspecified atom stereocenters. The smallest absolute Gasteiger partial charge is 0.118 e. The van der Waals surface area contributed by atoms with Gasteiger partial charge in [0.15, 0.2) is 0 Å². The van der Waals surface area contributed by atoms with Crippen molar-refractivity contribution in [2.75, 3.05) is 7.11 Å². The zero-order chi connectivity index (χ0) is 15.2. The van der Waals surface area contributed by atoms with E-state index in [0.717, 1.165) is 25.0 Å². The Labute approximate surface area is 127 Å². The van der Waals surface area contributed by atoms with Crippen LogP contribution in [0.5, 0.6) is 5.75 Å². The predicted octanol–water partition coefficient (Wildman–Crippen LogP) is 3.85. The van der Waals surface area contributed by atoms with Crippen LogP contribution in [-0.4, -0.2) is 18.3 Å². The molecule has 2 heteroatoms. The summed E-state index contributed by atoms with van der Waals surface area (Å²) in [5, 5.41) is 10.2. The van der Waals surface area contributed by atoms with Gasteiger partial charge >= 0.3 is 0 Å². The highest BCUT2D eigenvalue weighted by Gasteiger charge is 2.07. The maximum Gasteiger partial charge on any atom is 0.118 e. The molecule has 0 fully saturated rings. The van der Waals surface area contributed by atoms with E-state index in [1.54, 1.807) is 7.11 Å². The Morgan fingerprint density at radius 1 is 0.952 bits per heavy atom. The lowest BCUT2D eigenvalue weighted by molar-refractivity contribution is 0.165. The Kier molecular flexibility index (Phi) is 5.40. The molecule has 2 nitrogen and oxygen atoms in total. The molecule has 0 radical (unpaired) electrons. The molecule has 0 amide bonds. The second-order valence-electron chi connectivity index (χ2n) is 5.74. The van der Waals surface area contributed by atoms with Gasteiger partial charge in [0, 0.05) is 0 Å². The van der Waals surface area contributed by atoms with Gasteiger partial charge < -0.3 is 9.84 Å². The van der Waals surface area contributed by atoms with E-state index in [1.165, 1.54) is 22.3 Å². The third-order valence-corrected chi connectivity index (χ3v) is 3.68. The molecule has 0 aliphatic heterocycles. The van der Waals surface area contributed by atoms with Gasteiger partial charge in [-0.2, -0.15) is 0 Å². The molecule has 1 N–H and O–H groups in total. The van der Waals surface area contributed by atoms with Crippen molar-refractivity contribution in [1.29, 1.82) is 0 Å². The minimum atomic E-state index is -0.298. The molecule has 0 saturated heterocycles. The van der Waals surface area contributed by atoms with Crippen LogP contribution in [0.4, 0.5) is 0 Å². The Balaban J connectivity index is 1.87. The highest BCUT2D eigenvalue weighted by molar-refractivity contribution is 5.29. The summed E-state index contributed by atoms with van der Waals surface area (Å²) >= 11 is 0. The van der Waals surface area contributed by atoms with Gasteiger partial charge in [-0.25, -0.2) is 0 Å². The van der Waals surface area contributed by atoms with E-state index in [9.17, 15) is 5.11 Å². The molecule has 2 aromatic carbocycles. The molecule has 0 heterocycles. The summed E-state index contributed by atoms with van der Waals surface area (Å²) in [4.78, 5) is 0. The molecule has 0 aliphatic rings. The monoisotopic (exact) mass is 284 g/mol. The van der Waals surface area contributed by atoms with Crippen LogP contribution in [0.1, 0.15) is 28.7 Å². The van der Waals surface area contributed by atoms with Crippen molar-refractivity contribution in [1.82, 2.24) is 0 Å². The Morgan fingerprint density at radius 2 is 1.57 bits per heavy atom. The first-order chi connectivity index (χ1) is 10.1. The van der Waals surface area contributed by atoms with Crippen LogP contribution >= 0.6 is 0 Å². The van der Waals surface area contributed by atoms with E-state index in [-0.39, 0.29) is 6.10 Å². The minimum absolute atomic E-state index is 0.298. The Hall–Kier alpha value is -1.80. The van der Waals surface area contributed by atoms with Gasteiger partial charge in [-0.15, -0.1) is 0 Å². The lowest BCUT2D eigenvalue weighted by atomic mass is 9.99. The maximum absolute atomic E-state index is 10.2. The van der Waals surface area contributed by atoms with Crippen molar-refractivity contribution < 1.29 is 9.84 Å². The summed E-state index contributed by atoms with van der Waals surface area (Å²) in [5.74, 6) is 0.870. The molecule has 2 aromatic rings. The van der Waals surface area contributed by atoms with Crippen LogP contribution in [-0.2, 0) is 12.8 Å². The summed E-state index contributed by atoms with van der Waals surface area (Å²) in [5.41, 5.74) is 4.96. The minimum Gasteiger partial charge on any atom is -0.497 e. The molecule has 21 heavy (non-hydrogen) atoms. The maximum atomic E-state index is 10.2.